The van der Waals surface area contributed by atoms with Crippen molar-refractivity contribution in [2.24, 2.45) is 17.6 Å². The normalized spacial score (nSPS) is 21.9. The summed E-state index contributed by atoms with van der Waals surface area (Å²) in [6, 6.07) is 18.6. The number of carbonyl (C=O) groups is 2. The molecule has 0 saturated heterocycles. The molecule has 0 bridgehead atoms. The second-order valence-electron chi connectivity index (χ2n) is 11.9. The third kappa shape index (κ3) is 5.86. The van der Waals surface area contributed by atoms with E-state index >= 15 is 0 Å². The second-order valence-corrected chi connectivity index (χ2v) is 12.3. The van der Waals surface area contributed by atoms with Crippen molar-refractivity contribution in [2.45, 2.75) is 70.6 Å². The fourth-order valence-electron chi connectivity index (χ4n) is 6.46. The molecule has 1 heterocycles. The molecule has 222 valence electrons. The number of primary amides is 1. The van der Waals surface area contributed by atoms with Gasteiger partial charge in [-0.2, -0.15) is 0 Å². The molecule has 42 heavy (non-hydrogen) atoms. The average Bonchev–Trinajstić information content (AvgIpc) is 2.96. The molecule has 2 atom stereocenters. The lowest BCUT2D eigenvalue weighted by Crippen LogP contribution is -2.41. The van der Waals surface area contributed by atoms with Crippen molar-refractivity contribution in [1.29, 1.82) is 0 Å². The van der Waals surface area contributed by atoms with Crippen molar-refractivity contribution in [3.05, 3.63) is 87.9 Å². The van der Waals surface area contributed by atoms with Crippen LogP contribution in [0.15, 0.2) is 60.7 Å². The molecular formula is C34H39ClN2O5. The van der Waals surface area contributed by atoms with E-state index in [1.807, 2.05) is 86.3 Å². The van der Waals surface area contributed by atoms with Crippen molar-refractivity contribution in [3.8, 4) is 11.5 Å². The van der Waals surface area contributed by atoms with Crippen LogP contribution in [0, 0.1) is 11.8 Å². The topological polar surface area (TPSA) is 102 Å². The van der Waals surface area contributed by atoms with E-state index in [0.29, 0.717) is 29.4 Å². The highest BCUT2D eigenvalue weighted by molar-refractivity contribution is 6.30. The van der Waals surface area contributed by atoms with Gasteiger partial charge in [-0.15, -0.1) is 0 Å². The Morgan fingerprint density at radius 1 is 1.02 bits per heavy atom. The summed E-state index contributed by atoms with van der Waals surface area (Å²) in [5.74, 6) is 0.794. The second kappa shape index (κ2) is 12.0. The zero-order chi connectivity index (χ0) is 30.2. The molecule has 3 N–H and O–H groups in total. The van der Waals surface area contributed by atoms with E-state index in [0.717, 1.165) is 40.8 Å². The van der Waals surface area contributed by atoms with Crippen LogP contribution in [0.2, 0.25) is 5.02 Å². The molecule has 2 aliphatic rings. The van der Waals surface area contributed by atoms with Crippen LogP contribution in [0.3, 0.4) is 0 Å². The molecule has 2 amide bonds. The van der Waals surface area contributed by atoms with Gasteiger partial charge in [-0.05, 0) is 111 Å². The molecule has 3 aromatic carbocycles. The number of hydrogen-bond donors (Lipinski definition) is 2. The van der Waals surface area contributed by atoms with Crippen LogP contribution in [0.4, 0.5) is 5.69 Å². The number of amides is 2. The minimum atomic E-state index is -1.07. The fraction of sp³-hybridized carbons (Fsp3) is 0.412. The fourth-order valence-corrected chi connectivity index (χ4v) is 6.59. The minimum absolute atomic E-state index is 0.0126. The van der Waals surface area contributed by atoms with Gasteiger partial charge in [-0.25, -0.2) is 0 Å². The van der Waals surface area contributed by atoms with E-state index < -0.39 is 11.6 Å². The number of nitrogens with two attached hydrogens (primary N) is 1. The average molecular weight is 591 g/mol. The molecule has 8 heteroatoms. The van der Waals surface area contributed by atoms with Gasteiger partial charge < -0.3 is 25.2 Å². The third-order valence-corrected chi connectivity index (χ3v) is 9.04. The lowest BCUT2D eigenvalue weighted by Gasteiger charge is -2.39. The molecule has 7 nitrogen and oxygen atoms in total. The van der Waals surface area contributed by atoms with E-state index in [2.05, 4.69) is 0 Å². The standard InChI is InChI=1S/C34H39ClN2O5/c1-20(2)42-30-19-28-23(17-29(30)41-4)18-31(38)37(32(28)21-7-13-26(35)14-8-21)27-15-11-25(12-16-27)34(3,40)24-9-5-22(6-10-24)33(36)39/h7-8,11-17,19-20,22,24,32,40H,5-6,9-10,18H2,1-4H3,(H2,36,39)/t22?,24?,32-,34?/m0/s1. The molecule has 1 unspecified atom stereocenters. The summed E-state index contributed by atoms with van der Waals surface area (Å²) >= 11 is 6.24. The van der Waals surface area contributed by atoms with Crippen LogP contribution in [0.1, 0.15) is 74.8 Å². The number of carbonyl (C=O) groups excluding carboxylic acids is 2. The summed E-state index contributed by atoms with van der Waals surface area (Å²) in [4.78, 5) is 27.3. The summed E-state index contributed by atoms with van der Waals surface area (Å²) in [5.41, 5.74) is 8.69. The maximum atomic E-state index is 13.8. The number of methoxy groups -OCH3 is 1. The van der Waals surface area contributed by atoms with E-state index in [1.54, 1.807) is 7.11 Å². The monoisotopic (exact) mass is 590 g/mol. The first kappa shape index (κ1) is 29.9. The highest BCUT2D eigenvalue weighted by atomic mass is 35.5. The van der Waals surface area contributed by atoms with E-state index in [4.69, 9.17) is 26.8 Å². The van der Waals surface area contributed by atoms with E-state index in [1.165, 1.54) is 0 Å². The van der Waals surface area contributed by atoms with Gasteiger partial charge in [-0.1, -0.05) is 35.9 Å². The Kier molecular flexibility index (Phi) is 8.53. The first-order valence-corrected chi connectivity index (χ1v) is 14.9. The van der Waals surface area contributed by atoms with Gasteiger partial charge in [-0.3, -0.25) is 9.59 Å². The Bertz CT molecular complexity index is 1440. The van der Waals surface area contributed by atoms with Gasteiger partial charge >= 0.3 is 0 Å². The zero-order valence-corrected chi connectivity index (χ0v) is 25.4. The highest BCUT2D eigenvalue weighted by Gasteiger charge is 2.39. The zero-order valence-electron chi connectivity index (χ0n) is 24.6. The number of aliphatic hydroxyl groups is 1. The number of hydrogen-bond acceptors (Lipinski definition) is 5. The molecule has 5 rings (SSSR count). The van der Waals surface area contributed by atoms with Crippen molar-refractivity contribution in [3.63, 3.8) is 0 Å². The Labute approximate surface area is 252 Å². The Morgan fingerprint density at radius 2 is 1.67 bits per heavy atom. The maximum absolute atomic E-state index is 13.8. The molecule has 1 fully saturated rings. The summed E-state index contributed by atoms with van der Waals surface area (Å²) < 4.78 is 11.7. The van der Waals surface area contributed by atoms with Crippen molar-refractivity contribution < 1.29 is 24.2 Å². The number of nitrogens with zero attached hydrogens (tertiary/aromatic N) is 1. The molecule has 0 radical (unpaired) electrons. The summed E-state index contributed by atoms with van der Waals surface area (Å²) in [6.45, 7) is 5.76. The van der Waals surface area contributed by atoms with Gasteiger partial charge in [0.15, 0.2) is 11.5 Å². The van der Waals surface area contributed by atoms with Gasteiger partial charge in [0.05, 0.1) is 31.3 Å². The number of halogens is 1. The van der Waals surface area contributed by atoms with Crippen molar-refractivity contribution in [1.82, 2.24) is 0 Å². The molecular weight excluding hydrogens is 552 g/mol. The summed E-state index contributed by atoms with van der Waals surface area (Å²) in [7, 11) is 1.60. The van der Waals surface area contributed by atoms with Gasteiger partial charge in [0.25, 0.3) is 0 Å². The first-order chi connectivity index (χ1) is 20.0. The van der Waals surface area contributed by atoms with Crippen LogP contribution in [-0.4, -0.2) is 30.1 Å². The molecule has 1 aliphatic carbocycles. The maximum Gasteiger partial charge on any atom is 0.232 e. The van der Waals surface area contributed by atoms with Crippen LogP contribution < -0.4 is 20.1 Å². The quantitative estimate of drug-likeness (QED) is 0.320. The first-order valence-electron chi connectivity index (χ1n) is 14.6. The van der Waals surface area contributed by atoms with Crippen LogP contribution >= 0.6 is 11.6 Å². The lowest BCUT2D eigenvalue weighted by molar-refractivity contribution is -0.124. The number of fused-ring (bicyclic) bond motifs is 1. The Hall–Kier alpha value is -3.55. The van der Waals surface area contributed by atoms with Gasteiger partial charge in [0.1, 0.15) is 0 Å². The van der Waals surface area contributed by atoms with Gasteiger partial charge in [0.2, 0.25) is 11.8 Å². The van der Waals surface area contributed by atoms with Crippen molar-refractivity contribution in [2.75, 3.05) is 12.0 Å². The molecule has 3 aromatic rings. The van der Waals surface area contributed by atoms with Crippen LogP contribution in [-0.2, 0) is 21.6 Å². The summed E-state index contributed by atoms with van der Waals surface area (Å²) in [6.07, 6.45) is 2.98. The van der Waals surface area contributed by atoms with Gasteiger partial charge in [0, 0.05) is 16.6 Å². The summed E-state index contributed by atoms with van der Waals surface area (Å²) in [5, 5.41) is 12.2. The predicted octanol–water partition coefficient (Wildman–Crippen LogP) is 6.31. The molecule has 1 aliphatic heterocycles. The Morgan fingerprint density at radius 3 is 2.24 bits per heavy atom. The number of ether oxygens (including phenoxy) is 2. The number of benzene rings is 3. The van der Waals surface area contributed by atoms with E-state index in [-0.39, 0.29) is 36.2 Å². The smallest absolute Gasteiger partial charge is 0.232 e. The predicted molar refractivity (Wildman–Crippen MR) is 164 cm³/mol. The SMILES string of the molecule is COc1cc2c(cc1OC(C)C)[C@H](c1ccc(Cl)cc1)N(c1ccc(C(C)(O)C3CCC(C(N)=O)CC3)cc1)C(=O)C2. The molecule has 1 saturated carbocycles. The highest BCUT2D eigenvalue weighted by Crippen LogP contribution is 2.45. The van der Waals surface area contributed by atoms with Crippen molar-refractivity contribution >= 4 is 29.1 Å². The largest absolute Gasteiger partial charge is 0.493 e. The third-order valence-electron chi connectivity index (χ3n) is 8.79. The number of anilines is 1. The lowest BCUT2D eigenvalue weighted by atomic mass is 9.71. The van der Waals surface area contributed by atoms with Crippen LogP contribution in [0.25, 0.3) is 0 Å². The molecule has 0 spiro atoms. The minimum Gasteiger partial charge on any atom is -0.493 e. The number of rotatable bonds is 8. The van der Waals surface area contributed by atoms with E-state index in [9.17, 15) is 14.7 Å². The molecule has 0 aromatic heterocycles. The Balaban J connectivity index is 1.52. The van der Waals surface area contributed by atoms with Crippen LogP contribution in [0.5, 0.6) is 11.5 Å².